The lowest BCUT2D eigenvalue weighted by atomic mass is 10.1. The van der Waals surface area contributed by atoms with Crippen molar-refractivity contribution in [1.29, 1.82) is 0 Å². The van der Waals surface area contributed by atoms with Crippen molar-refractivity contribution in [2.75, 3.05) is 0 Å². The molecular weight excluding hydrogens is 302 g/mol. The molecule has 22 heavy (non-hydrogen) atoms. The Kier molecular flexibility index (Phi) is 3.54. The van der Waals surface area contributed by atoms with Gasteiger partial charge in [-0.15, -0.1) is 0 Å². The molecule has 2 N–H and O–H groups in total. The molecule has 0 radical (unpaired) electrons. The van der Waals surface area contributed by atoms with Gasteiger partial charge >= 0.3 is 0 Å². The molecule has 0 spiro atoms. The van der Waals surface area contributed by atoms with Gasteiger partial charge in [-0.25, -0.2) is 0 Å². The summed E-state index contributed by atoms with van der Waals surface area (Å²) in [4.78, 5) is 14.8. The number of nitrogens with one attached hydrogen (secondary N) is 1. The van der Waals surface area contributed by atoms with E-state index in [1.807, 2.05) is 26.0 Å². The molecule has 1 aromatic heterocycles. The zero-order chi connectivity index (χ0) is 15.9. The van der Waals surface area contributed by atoms with Crippen molar-refractivity contribution in [2.45, 2.75) is 13.8 Å². The lowest BCUT2D eigenvalue weighted by Gasteiger charge is -2.10. The monoisotopic (exact) mass is 315 g/mol. The third kappa shape index (κ3) is 2.53. The minimum Gasteiger partial charge on any atom is -0.504 e. The molecule has 1 heterocycles. The van der Waals surface area contributed by atoms with Crippen LogP contribution < -0.4 is 10.3 Å². The standard InChI is InChI=1S/C17H14ClNO3/c1-9-4-3-5-11(6-9)22-16-15(20)12-7-10(2)13(18)8-14(12)19-17(16)21/h3-8H,1-2H3,(H2,19,20,21). The molecule has 3 rings (SSSR count). The first-order valence-electron chi connectivity index (χ1n) is 6.75. The fourth-order valence-corrected chi connectivity index (χ4v) is 2.44. The van der Waals surface area contributed by atoms with E-state index in [0.717, 1.165) is 11.1 Å². The third-order valence-electron chi connectivity index (χ3n) is 3.43. The summed E-state index contributed by atoms with van der Waals surface area (Å²) in [5, 5.41) is 11.4. The summed E-state index contributed by atoms with van der Waals surface area (Å²) in [6, 6.07) is 10.6. The van der Waals surface area contributed by atoms with Crippen LogP contribution in [0.4, 0.5) is 0 Å². The average Bonchev–Trinajstić information content (AvgIpc) is 2.46. The number of benzene rings is 2. The first-order valence-corrected chi connectivity index (χ1v) is 7.13. The summed E-state index contributed by atoms with van der Waals surface area (Å²) in [5.74, 6) is 0.172. The average molecular weight is 316 g/mol. The van der Waals surface area contributed by atoms with Crippen molar-refractivity contribution in [3.05, 3.63) is 62.9 Å². The number of H-pyrrole nitrogens is 1. The van der Waals surface area contributed by atoms with Crippen molar-refractivity contribution in [3.8, 4) is 17.2 Å². The second-order valence-electron chi connectivity index (χ2n) is 5.20. The molecule has 0 aliphatic carbocycles. The number of aryl methyl sites for hydroxylation is 2. The predicted molar refractivity (Wildman–Crippen MR) is 87.2 cm³/mol. The highest BCUT2D eigenvalue weighted by Crippen LogP contribution is 2.35. The highest BCUT2D eigenvalue weighted by molar-refractivity contribution is 6.32. The Morgan fingerprint density at radius 1 is 1.18 bits per heavy atom. The van der Waals surface area contributed by atoms with Crippen molar-refractivity contribution < 1.29 is 9.84 Å². The molecule has 0 saturated carbocycles. The second-order valence-corrected chi connectivity index (χ2v) is 5.60. The second kappa shape index (κ2) is 5.39. The minimum absolute atomic E-state index is 0.125. The quantitative estimate of drug-likeness (QED) is 0.741. The molecule has 0 unspecified atom stereocenters. The first kappa shape index (κ1) is 14.5. The lowest BCUT2D eigenvalue weighted by Crippen LogP contribution is -2.09. The van der Waals surface area contributed by atoms with Crippen LogP contribution in [0, 0.1) is 13.8 Å². The van der Waals surface area contributed by atoms with E-state index >= 15 is 0 Å². The molecule has 0 aliphatic heterocycles. The van der Waals surface area contributed by atoms with Crippen molar-refractivity contribution >= 4 is 22.5 Å². The Morgan fingerprint density at radius 2 is 1.95 bits per heavy atom. The van der Waals surface area contributed by atoms with E-state index in [0.29, 0.717) is 21.7 Å². The van der Waals surface area contributed by atoms with Gasteiger partial charge in [0, 0.05) is 10.4 Å². The largest absolute Gasteiger partial charge is 0.504 e. The van der Waals surface area contributed by atoms with Crippen LogP contribution in [0.2, 0.25) is 5.02 Å². The van der Waals surface area contributed by atoms with Crippen LogP contribution in [0.1, 0.15) is 11.1 Å². The van der Waals surface area contributed by atoms with Gasteiger partial charge in [0.2, 0.25) is 5.75 Å². The van der Waals surface area contributed by atoms with Gasteiger partial charge in [0.1, 0.15) is 5.75 Å². The summed E-state index contributed by atoms with van der Waals surface area (Å²) in [6.07, 6.45) is 0. The van der Waals surface area contributed by atoms with Gasteiger partial charge < -0.3 is 14.8 Å². The molecule has 3 aromatic rings. The number of aromatic amines is 1. The van der Waals surface area contributed by atoms with E-state index in [4.69, 9.17) is 16.3 Å². The third-order valence-corrected chi connectivity index (χ3v) is 3.84. The number of hydrogen-bond donors (Lipinski definition) is 2. The summed E-state index contributed by atoms with van der Waals surface area (Å²) in [7, 11) is 0. The van der Waals surface area contributed by atoms with E-state index in [1.54, 1.807) is 24.3 Å². The number of rotatable bonds is 2. The van der Waals surface area contributed by atoms with E-state index in [1.165, 1.54) is 0 Å². The van der Waals surface area contributed by atoms with E-state index in [2.05, 4.69) is 4.98 Å². The normalized spacial score (nSPS) is 10.9. The Balaban J connectivity index is 2.18. The van der Waals surface area contributed by atoms with Crippen molar-refractivity contribution in [1.82, 2.24) is 4.98 Å². The smallest absolute Gasteiger partial charge is 0.295 e. The van der Waals surface area contributed by atoms with Crippen LogP contribution >= 0.6 is 11.6 Å². The van der Waals surface area contributed by atoms with Crippen LogP contribution in [-0.4, -0.2) is 10.1 Å². The van der Waals surface area contributed by atoms with Crippen LogP contribution in [0.3, 0.4) is 0 Å². The molecule has 0 aliphatic rings. The van der Waals surface area contributed by atoms with Gasteiger partial charge in [-0.3, -0.25) is 4.79 Å². The minimum atomic E-state index is -0.508. The van der Waals surface area contributed by atoms with Crippen LogP contribution in [0.5, 0.6) is 17.2 Å². The summed E-state index contributed by atoms with van der Waals surface area (Å²) < 4.78 is 5.57. The molecule has 0 atom stereocenters. The molecular formula is C17H14ClNO3. The molecule has 4 nitrogen and oxygen atoms in total. The van der Waals surface area contributed by atoms with Crippen LogP contribution in [0.15, 0.2) is 41.2 Å². The number of halogens is 1. The predicted octanol–water partition coefficient (Wildman–Crippen LogP) is 4.30. The maximum absolute atomic E-state index is 12.2. The van der Waals surface area contributed by atoms with Crippen molar-refractivity contribution in [3.63, 3.8) is 0 Å². The zero-order valence-corrected chi connectivity index (χ0v) is 12.9. The molecule has 5 heteroatoms. The first-order chi connectivity index (χ1) is 10.5. The van der Waals surface area contributed by atoms with E-state index in [-0.39, 0.29) is 11.5 Å². The van der Waals surface area contributed by atoms with Crippen molar-refractivity contribution in [2.24, 2.45) is 0 Å². The molecule has 0 amide bonds. The fraction of sp³-hybridized carbons (Fsp3) is 0.118. The van der Waals surface area contributed by atoms with Gasteiger partial charge in [0.15, 0.2) is 5.75 Å². The number of aromatic hydroxyl groups is 1. The van der Waals surface area contributed by atoms with E-state index < -0.39 is 5.56 Å². The fourth-order valence-electron chi connectivity index (χ4n) is 2.28. The number of ether oxygens (including phenoxy) is 1. The maximum Gasteiger partial charge on any atom is 0.295 e. The Morgan fingerprint density at radius 3 is 2.68 bits per heavy atom. The lowest BCUT2D eigenvalue weighted by molar-refractivity contribution is 0.410. The van der Waals surface area contributed by atoms with Gasteiger partial charge in [0.05, 0.1) is 5.52 Å². The highest BCUT2D eigenvalue weighted by atomic mass is 35.5. The summed E-state index contributed by atoms with van der Waals surface area (Å²) in [6.45, 7) is 3.75. The van der Waals surface area contributed by atoms with E-state index in [9.17, 15) is 9.90 Å². The Labute approximate surface area is 131 Å². The van der Waals surface area contributed by atoms with Gasteiger partial charge in [-0.05, 0) is 49.2 Å². The number of pyridine rings is 1. The SMILES string of the molecule is Cc1cccc(Oc2c(O)c3cc(C)c(Cl)cc3[nH]c2=O)c1. The van der Waals surface area contributed by atoms with Gasteiger partial charge in [-0.1, -0.05) is 23.7 Å². The molecule has 0 saturated heterocycles. The molecule has 0 fully saturated rings. The number of aromatic nitrogens is 1. The van der Waals surface area contributed by atoms with Gasteiger partial charge in [-0.2, -0.15) is 0 Å². The number of hydrogen-bond acceptors (Lipinski definition) is 3. The molecule has 112 valence electrons. The highest BCUT2D eigenvalue weighted by Gasteiger charge is 2.15. The Bertz CT molecular complexity index is 931. The van der Waals surface area contributed by atoms with Crippen LogP contribution in [0.25, 0.3) is 10.9 Å². The van der Waals surface area contributed by atoms with Gasteiger partial charge in [0.25, 0.3) is 5.56 Å². The summed E-state index contributed by atoms with van der Waals surface area (Å²) >= 11 is 6.04. The zero-order valence-electron chi connectivity index (χ0n) is 12.1. The molecule has 2 aromatic carbocycles. The molecule has 0 bridgehead atoms. The Hall–Kier alpha value is -2.46. The number of fused-ring (bicyclic) bond motifs is 1. The summed E-state index contributed by atoms with van der Waals surface area (Å²) in [5.41, 5.74) is 1.76. The maximum atomic E-state index is 12.2. The topological polar surface area (TPSA) is 62.3 Å². The van der Waals surface area contributed by atoms with Crippen LogP contribution in [-0.2, 0) is 0 Å².